The van der Waals surface area contributed by atoms with Crippen molar-refractivity contribution in [2.45, 2.75) is 42.6 Å². The van der Waals surface area contributed by atoms with Crippen molar-refractivity contribution < 1.29 is 17.9 Å². The molecule has 1 fully saturated rings. The van der Waals surface area contributed by atoms with Gasteiger partial charge >= 0.3 is 0 Å². The Hall–Kier alpha value is -3.01. The molecule has 3 aromatic carbocycles. The van der Waals surface area contributed by atoms with Crippen LogP contribution in [0.5, 0.6) is 5.75 Å². The third-order valence-electron chi connectivity index (χ3n) is 6.56. The maximum Gasteiger partial charge on any atom is 0.264 e. The van der Waals surface area contributed by atoms with Crippen LogP contribution >= 0.6 is 11.8 Å². The van der Waals surface area contributed by atoms with Crippen molar-refractivity contribution in [3.63, 3.8) is 0 Å². The first-order chi connectivity index (χ1) is 18.4. The Labute approximate surface area is 230 Å². The summed E-state index contributed by atoms with van der Waals surface area (Å²) in [4.78, 5) is 16.7. The van der Waals surface area contributed by atoms with Crippen molar-refractivity contribution in [1.29, 1.82) is 0 Å². The maximum atomic E-state index is 13.8. The number of ether oxygens (including phenoxy) is 1. The second-order valence-corrected chi connectivity index (χ2v) is 11.9. The van der Waals surface area contributed by atoms with Gasteiger partial charge in [0.2, 0.25) is 5.91 Å². The molecule has 0 radical (unpaired) electrons. The van der Waals surface area contributed by atoms with Gasteiger partial charge < -0.3 is 10.1 Å². The summed E-state index contributed by atoms with van der Waals surface area (Å²) in [5.41, 5.74) is 2.53. The Kier molecular flexibility index (Phi) is 9.71. The van der Waals surface area contributed by atoms with Crippen molar-refractivity contribution in [3.05, 3.63) is 83.9 Å². The number of nitrogens with one attached hydrogen (secondary N) is 1. The van der Waals surface area contributed by atoms with E-state index in [4.69, 9.17) is 4.74 Å². The van der Waals surface area contributed by atoms with E-state index in [0.717, 1.165) is 34.4 Å². The monoisotopic (exact) mass is 553 g/mol. The van der Waals surface area contributed by atoms with Gasteiger partial charge in [-0.3, -0.25) is 14.0 Å². The molecule has 7 nitrogen and oxygen atoms in total. The zero-order chi connectivity index (χ0) is 27.0. The highest BCUT2D eigenvalue weighted by molar-refractivity contribution is 7.98. The number of thioether (sulfide) groups is 1. The van der Waals surface area contributed by atoms with Crippen LogP contribution in [0.25, 0.3) is 0 Å². The third kappa shape index (κ3) is 6.89. The van der Waals surface area contributed by atoms with E-state index < -0.39 is 15.9 Å². The van der Waals surface area contributed by atoms with E-state index in [1.54, 1.807) is 48.5 Å². The maximum absolute atomic E-state index is 13.8. The number of carbonyl (C=O) groups is 1. The van der Waals surface area contributed by atoms with Gasteiger partial charge in [0.1, 0.15) is 12.3 Å². The van der Waals surface area contributed by atoms with Crippen LogP contribution in [-0.2, 0) is 27.9 Å². The second kappa shape index (κ2) is 13.2. The van der Waals surface area contributed by atoms with Crippen LogP contribution in [0.15, 0.2) is 82.6 Å². The minimum absolute atomic E-state index is 0.116. The third-order valence-corrected chi connectivity index (χ3v) is 9.07. The van der Waals surface area contributed by atoms with Gasteiger partial charge in [0.25, 0.3) is 10.0 Å². The Morgan fingerprint density at radius 1 is 0.974 bits per heavy atom. The normalized spacial score (nSPS) is 13.8. The van der Waals surface area contributed by atoms with E-state index in [-0.39, 0.29) is 11.4 Å². The molecule has 0 saturated carbocycles. The van der Waals surface area contributed by atoms with Crippen LogP contribution in [0.1, 0.15) is 30.9 Å². The van der Waals surface area contributed by atoms with E-state index in [9.17, 15) is 13.2 Å². The SMILES string of the molecule is CCOc1ccccc1N(CC(=O)NCc1ccccc1CN1CCCC1)S(=O)(=O)c1ccc(SC)cc1. The topological polar surface area (TPSA) is 79.0 Å². The number of sulfonamides is 1. The number of rotatable bonds is 12. The van der Waals surface area contributed by atoms with E-state index in [2.05, 4.69) is 16.3 Å². The van der Waals surface area contributed by atoms with Crippen LogP contribution in [0, 0.1) is 0 Å². The highest BCUT2D eigenvalue weighted by Gasteiger charge is 2.29. The molecule has 0 aliphatic carbocycles. The fourth-order valence-electron chi connectivity index (χ4n) is 4.56. The van der Waals surface area contributed by atoms with Gasteiger partial charge in [0.15, 0.2) is 0 Å². The molecule has 3 aromatic rings. The molecule has 38 heavy (non-hydrogen) atoms. The number of hydrogen-bond donors (Lipinski definition) is 1. The van der Waals surface area contributed by atoms with E-state index in [1.807, 2.05) is 31.4 Å². The lowest BCUT2D eigenvalue weighted by atomic mass is 10.1. The summed E-state index contributed by atoms with van der Waals surface area (Å²) in [6.45, 7) is 5.18. The highest BCUT2D eigenvalue weighted by Crippen LogP contribution is 2.33. The van der Waals surface area contributed by atoms with Gasteiger partial charge in [-0.1, -0.05) is 36.4 Å². The van der Waals surface area contributed by atoms with E-state index >= 15 is 0 Å². The summed E-state index contributed by atoms with van der Waals surface area (Å²) in [5, 5.41) is 2.95. The van der Waals surface area contributed by atoms with Gasteiger partial charge in [-0.05, 0) is 86.6 Å². The minimum Gasteiger partial charge on any atom is -0.492 e. The standard InChI is InChI=1S/C29H35N3O4S2/c1-3-36-28-13-7-6-12-27(28)32(38(34,35)26-16-14-25(37-2)15-17-26)22-29(33)30-20-23-10-4-5-11-24(23)21-31-18-8-9-19-31/h4-7,10-17H,3,8-9,18-22H2,1-2H3,(H,30,33). The first-order valence-corrected chi connectivity index (χ1v) is 15.5. The molecule has 4 rings (SSSR count). The summed E-state index contributed by atoms with van der Waals surface area (Å²) in [6.07, 6.45) is 4.36. The summed E-state index contributed by atoms with van der Waals surface area (Å²) >= 11 is 1.53. The zero-order valence-electron chi connectivity index (χ0n) is 21.9. The van der Waals surface area contributed by atoms with Crippen LogP contribution in [0.4, 0.5) is 5.69 Å². The molecule has 1 saturated heterocycles. The van der Waals surface area contributed by atoms with E-state index in [0.29, 0.717) is 24.6 Å². The fraction of sp³-hybridized carbons (Fsp3) is 0.345. The number of nitrogens with zero attached hydrogens (tertiary/aromatic N) is 2. The first kappa shape index (κ1) is 28.0. The predicted octanol–water partition coefficient (Wildman–Crippen LogP) is 4.91. The fourth-order valence-corrected chi connectivity index (χ4v) is 6.40. The van der Waals surface area contributed by atoms with Gasteiger partial charge in [0, 0.05) is 18.0 Å². The molecule has 0 unspecified atom stereocenters. The number of carbonyl (C=O) groups excluding carboxylic acids is 1. The summed E-state index contributed by atoms with van der Waals surface area (Å²) in [6, 6.07) is 21.7. The summed E-state index contributed by atoms with van der Waals surface area (Å²) in [7, 11) is -4.05. The van der Waals surface area contributed by atoms with E-state index in [1.165, 1.54) is 30.2 Å². The first-order valence-electron chi connectivity index (χ1n) is 12.9. The molecule has 0 bridgehead atoms. The average Bonchev–Trinajstić information content (AvgIpc) is 3.45. The van der Waals surface area contributed by atoms with Gasteiger partial charge in [-0.2, -0.15) is 0 Å². The van der Waals surface area contributed by atoms with Crippen LogP contribution in [-0.4, -0.2) is 51.7 Å². The van der Waals surface area contributed by atoms with Crippen molar-refractivity contribution in [2.24, 2.45) is 0 Å². The zero-order valence-corrected chi connectivity index (χ0v) is 23.6. The number of hydrogen-bond acceptors (Lipinski definition) is 6. The Morgan fingerprint density at radius 2 is 1.63 bits per heavy atom. The quantitative estimate of drug-likeness (QED) is 0.321. The van der Waals surface area contributed by atoms with Crippen molar-refractivity contribution >= 4 is 33.4 Å². The number of likely N-dealkylation sites (tertiary alicyclic amines) is 1. The summed E-state index contributed by atoms with van der Waals surface area (Å²) in [5.74, 6) is 0.0136. The minimum atomic E-state index is -4.05. The number of benzene rings is 3. The predicted molar refractivity (Wildman–Crippen MR) is 153 cm³/mol. The lowest BCUT2D eigenvalue weighted by molar-refractivity contribution is -0.119. The Morgan fingerprint density at radius 3 is 2.32 bits per heavy atom. The van der Waals surface area contributed by atoms with Gasteiger partial charge in [0.05, 0.1) is 17.2 Å². The van der Waals surface area contributed by atoms with Crippen molar-refractivity contribution in [2.75, 3.05) is 36.8 Å². The molecular weight excluding hydrogens is 518 g/mol. The molecular formula is C29H35N3O4S2. The average molecular weight is 554 g/mol. The second-order valence-electron chi connectivity index (χ2n) is 9.12. The molecule has 0 spiro atoms. The van der Waals surface area contributed by atoms with Crippen molar-refractivity contribution in [3.8, 4) is 5.75 Å². The molecule has 9 heteroatoms. The van der Waals surface area contributed by atoms with Crippen LogP contribution in [0.3, 0.4) is 0 Å². The Balaban J connectivity index is 1.56. The number of para-hydroxylation sites is 2. The number of anilines is 1. The molecule has 0 aromatic heterocycles. The molecule has 1 aliphatic heterocycles. The van der Waals surface area contributed by atoms with Gasteiger partial charge in [-0.25, -0.2) is 8.42 Å². The van der Waals surface area contributed by atoms with Gasteiger partial charge in [-0.15, -0.1) is 11.8 Å². The molecule has 1 N–H and O–H groups in total. The van der Waals surface area contributed by atoms with Crippen molar-refractivity contribution in [1.82, 2.24) is 10.2 Å². The molecule has 1 heterocycles. The Bertz CT molecular complexity index is 1320. The molecule has 0 atom stereocenters. The molecule has 202 valence electrons. The molecule has 1 amide bonds. The van der Waals surface area contributed by atoms with Crippen LogP contribution < -0.4 is 14.4 Å². The highest BCUT2D eigenvalue weighted by atomic mass is 32.2. The lowest BCUT2D eigenvalue weighted by Gasteiger charge is -2.26. The lowest BCUT2D eigenvalue weighted by Crippen LogP contribution is -2.41. The van der Waals surface area contributed by atoms with Crippen LogP contribution in [0.2, 0.25) is 0 Å². The molecule has 1 aliphatic rings. The summed E-state index contributed by atoms with van der Waals surface area (Å²) < 4.78 is 34.5. The number of amides is 1. The largest absolute Gasteiger partial charge is 0.492 e. The smallest absolute Gasteiger partial charge is 0.264 e.